The van der Waals surface area contributed by atoms with Gasteiger partial charge in [0.1, 0.15) is 5.82 Å². The van der Waals surface area contributed by atoms with Gasteiger partial charge in [0.15, 0.2) is 0 Å². The van der Waals surface area contributed by atoms with E-state index in [0.29, 0.717) is 22.8 Å². The number of nitrogens with one attached hydrogen (secondary N) is 1. The minimum Gasteiger partial charge on any atom is -0.353 e. The maximum Gasteiger partial charge on any atom is 0.229 e. The van der Waals surface area contributed by atoms with Crippen molar-refractivity contribution in [1.29, 1.82) is 0 Å². The summed E-state index contributed by atoms with van der Waals surface area (Å²) in [6.45, 7) is 10.3. The van der Waals surface area contributed by atoms with Crippen LogP contribution in [-0.4, -0.2) is 74.3 Å². The lowest BCUT2D eigenvalue weighted by Crippen LogP contribution is -2.58. The van der Waals surface area contributed by atoms with Gasteiger partial charge in [-0.3, -0.25) is 14.5 Å². The van der Waals surface area contributed by atoms with E-state index < -0.39 is 10.0 Å². The van der Waals surface area contributed by atoms with Crippen molar-refractivity contribution in [3.63, 3.8) is 0 Å². The molecule has 1 aromatic heterocycles. The molecule has 2 saturated heterocycles. The first-order valence-corrected chi connectivity index (χ1v) is 14.9. The first kappa shape index (κ1) is 26.5. The third kappa shape index (κ3) is 6.80. The quantitative estimate of drug-likeness (QED) is 0.552. The van der Waals surface area contributed by atoms with Crippen LogP contribution in [0.4, 0.5) is 11.5 Å². The number of rotatable bonds is 7. The first-order valence-electron chi connectivity index (χ1n) is 12.2. The predicted octanol–water partition coefficient (Wildman–Crippen LogP) is 4.63. The number of aryl methyl sites for hydroxylation is 1. The fourth-order valence-corrected chi connectivity index (χ4v) is 6.38. The molecule has 2 aromatic rings. The highest BCUT2D eigenvalue weighted by Gasteiger charge is 2.34. The fourth-order valence-electron chi connectivity index (χ4n) is 5.33. The molecule has 10 heteroatoms. The van der Waals surface area contributed by atoms with E-state index in [1.54, 1.807) is 6.07 Å². The van der Waals surface area contributed by atoms with E-state index in [9.17, 15) is 8.42 Å². The van der Waals surface area contributed by atoms with Crippen LogP contribution in [0.2, 0.25) is 10.0 Å². The van der Waals surface area contributed by atoms with Crippen molar-refractivity contribution in [2.45, 2.75) is 51.7 Å². The highest BCUT2D eigenvalue weighted by atomic mass is 35.5. The van der Waals surface area contributed by atoms with Gasteiger partial charge in [-0.1, -0.05) is 36.2 Å². The van der Waals surface area contributed by atoms with E-state index in [0.717, 1.165) is 62.8 Å². The summed E-state index contributed by atoms with van der Waals surface area (Å²) in [6.07, 6.45) is 6.06. The van der Waals surface area contributed by atoms with Gasteiger partial charge < -0.3 is 4.90 Å². The van der Waals surface area contributed by atoms with Gasteiger partial charge in [0.25, 0.3) is 0 Å². The number of aromatic nitrogens is 1. The van der Waals surface area contributed by atoms with Crippen LogP contribution in [0.15, 0.2) is 30.5 Å². The molecule has 35 heavy (non-hydrogen) atoms. The molecule has 1 atom stereocenters. The van der Waals surface area contributed by atoms with E-state index in [1.807, 2.05) is 12.1 Å². The van der Waals surface area contributed by atoms with Crippen LogP contribution in [0.1, 0.15) is 37.3 Å². The maximum absolute atomic E-state index is 11.5. The van der Waals surface area contributed by atoms with Crippen molar-refractivity contribution in [2.24, 2.45) is 0 Å². The zero-order chi connectivity index (χ0) is 25.2. The number of pyridine rings is 1. The van der Waals surface area contributed by atoms with Gasteiger partial charge in [-0.05, 0) is 68.6 Å². The molecular formula is C25H35Cl2N5O2S. The van der Waals surface area contributed by atoms with E-state index in [-0.39, 0.29) is 0 Å². The van der Waals surface area contributed by atoms with Crippen LogP contribution in [0.5, 0.6) is 0 Å². The molecule has 0 amide bonds. The van der Waals surface area contributed by atoms with Gasteiger partial charge >= 0.3 is 0 Å². The molecule has 3 heterocycles. The number of halogens is 2. The molecule has 1 aromatic carbocycles. The summed E-state index contributed by atoms with van der Waals surface area (Å²) in [5.41, 5.74) is 3.00. The molecule has 0 bridgehead atoms. The van der Waals surface area contributed by atoms with Crippen molar-refractivity contribution >= 4 is 44.7 Å². The molecule has 0 aliphatic carbocycles. The Morgan fingerprint density at radius 2 is 1.86 bits per heavy atom. The number of benzene rings is 1. The number of hydrogen-bond donors (Lipinski definition) is 1. The lowest BCUT2D eigenvalue weighted by molar-refractivity contribution is 0.0610. The van der Waals surface area contributed by atoms with Gasteiger partial charge in [-0.2, -0.15) is 0 Å². The average molecular weight is 541 g/mol. The Labute approximate surface area is 219 Å². The molecule has 7 nitrogen and oxygen atoms in total. The lowest BCUT2D eigenvalue weighted by Gasteiger charge is -2.47. The third-order valence-electron chi connectivity index (χ3n) is 7.15. The molecule has 1 N–H and O–H groups in total. The second-order valence-electron chi connectivity index (χ2n) is 9.73. The Bertz CT molecular complexity index is 1140. The van der Waals surface area contributed by atoms with E-state index in [1.165, 1.54) is 30.2 Å². The van der Waals surface area contributed by atoms with Gasteiger partial charge in [0.05, 0.1) is 23.2 Å². The van der Waals surface area contributed by atoms with Crippen LogP contribution in [-0.2, 0) is 16.6 Å². The zero-order valence-electron chi connectivity index (χ0n) is 20.7. The van der Waals surface area contributed by atoms with Crippen molar-refractivity contribution < 1.29 is 8.42 Å². The summed E-state index contributed by atoms with van der Waals surface area (Å²) >= 11 is 12.6. The highest BCUT2D eigenvalue weighted by Crippen LogP contribution is 2.31. The number of hydrogen-bond acceptors (Lipinski definition) is 6. The van der Waals surface area contributed by atoms with E-state index >= 15 is 0 Å². The van der Waals surface area contributed by atoms with E-state index in [4.69, 9.17) is 23.2 Å². The number of likely N-dealkylation sites (tertiary alicyclic amines) is 1. The smallest absolute Gasteiger partial charge is 0.229 e. The molecule has 0 saturated carbocycles. The number of piperidine rings is 1. The number of sulfonamides is 1. The largest absolute Gasteiger partial charge is 0.353 e. The normalized spacial score (nSPS) is 20.8. The van der Waals surface area contributed by atoms with Gasteiger partial charge in [0.2, 0.25) is 10.0 Å². The van der Waals surface area contributed by atoms with Crippen molar-refractivity contribution in [2.75, 3.05) is 48.6 Å². The SMILES string of the molecule is CC[C@H]1CN(c2ncc(NS(C)(=O)=O)cc2Cl)CCN1C1CCN(Cc2ccc(Cl)cc2C)CC1. The standard InChI is InChI=1S/C25H35Cl2N5O2S/c1-4-22-17-31(25-24(27)14-21(15-28-25)29-35(3,33)34)11-12-32(22)23-7-9-30(10-8-23)16-19-5-6-20(26)13-18(19)2/h5-6,13-15,22-23,29H,4,7-12,16-17H2,1-3H3/t22-/m0/s1. The molecule has 2 aliphatic heterocycles. The Morgan fingerprint density at radius 1 is 1.11 bits per heavy atom. The Hall–Kier alpha value is -1.58. The average Bonchev–Trinajstić information content (AvgIpc) is 2.80. The van der Waals surface area contributed by atoms with E-state index in [2.05, 4.69) is 44.3 Å². The summed E-state index contributed by atoms with van der Waals surface area (Å²) in [5.74, 6) is 0.719. The summed E-state index contributed by atoms with van der Waals surface area (Å²) < 4.78 is 25.4. The minimum atomic E-state index is -3.37. The summed E-state index contributed by atoms with van der Waals surface area (Å²) in [5, 5.41) is 1.26. The minimum absolute atomic E-state index is 0.382. The van der Waals surface area contributed by atoms with Crippen LogP contribution >= 0.6 is 23.2 Å². The lowest BCUT2D eigenvalue weighted by atomic mass is 9.97. The molecule has 0 radical (unpaired) electrons. The van der Waals surface area contributed by atoms with Crippen LogP contribution in [0, 0.1) is 6.92 Å². The molecule has 2 aliphatic rings. The predicted molar refractivity (Wildman–Crippen MR) is 145 cm³/mol. The summed E-state index contributed by atoms with van der Waals surface area (Å²) in [6, 6.07) is 8.85. The van der Waals surface area contributed by atoms with Gasteiger partial charge in [0, 0.05) is 43.3 Å². The van der Waals surface area contributed by atoms with Gasteiger partial charge in [-0.15, -0.1) is 0 Å². The molecule has 0 spiro atoms. The molecule has 4 rings (SSSR count). The Kier molecular flexibility index (Phi) is 8.49. The second-order valence-corrected chi connectivity index (χ2v) is 12.3. The third-order valence-corrected chi connectivity index (χ3v) is 8.27. The maximum atomic E-state index is 11.5. The fraction of sp³-hybridized carbons (Fsp3) is 0.560. The van der Waals surface area contributed by atoms with Crippen LogP contribution in [0.25, 0.3) is 0 Å². The van der Waals surface area contributed by atoms with Crippen LogP contribution < -0.4 is 9.62 Å². The highest BCUT2D eigenvalue weighted by molar-refractivity contribution is 7.92. The summed E-state index contributed by atoms with van der Waals surface area (Å²) in [7, 11) is -3.37. The van der Waals surface area contributed by atoms with Crippen molar-refractivity contribution in [1.82, 2.24) is 14.8 Å². The molecular weight excluding hydrogens is 505 g/mol. The number of anilines is 2. The monoisotopic (exact) mass is 539 g/mol. The molecule has 2 fully saturated rings. The Morgan fingerprint density at radius 3 is 2.49 bits per heavy atom. The van der Waals surface area contributed by atoms with Crippen molar-refractivity contribution in [3.8, 4) is 0 Å². The number of piperazine rings is 1. The first-order chi connectivity index (χ1) is 16.6. The molecule has 192 valence electrons. The second kappa shape index (κ2) is 11.2. The summed E-state index contributed by atoms with van der Waals surface area (Å²) in [4.78, 5) is 12.0. The van der Waals surface area contributed by atoms with Crippen LogP contribution in [0.3, 0.4) is 0 Å². The van der Waals surface area contributed by atoms with Gasteiger partial charge in [-0.25, -0.2) is 13.4 Å². The van der Waals surface area contributed by atoms with Crippen molar-refractivity contribution in [3.05, 3.63) is 51.6 Å². The molecule has 0 unspecified atom stereocenters. The Balaban J connectivity index is 1.34. The zero-order valence-corrected chi connectivity index (χ0v) is 23.0. The number of nitrogens with zero attached hydrogens (tertiary/aromatic N) is 4. The topological polar surface area (TPSA) is 68.8 Å².